The van der Waals surface area contributed by atoms with Crippen LogP contribution in [0.1, 0.15) is 29.1 Å². The van der Waals surface area contributed by atoms with Gasteiger partial charge in [-0.1, -0.05) is 12.1 Å². The molecule has 2 aromatic heterocycles. The van der Waals surface area contributed by atoms with Crippen LogP contribution < -0.4 is 0 Å². The molecule has 0 radical (unpaired) electrons. The van der Waals surface area contributed by atoms with Gasteiger partial charge in [0.25, 0.3) is 0 Å². The molecule has 1 aromatic carbocycles. The molecule has 0 spiro atoms. The predicted molar refractivity (Wildman–Crippen MR) is 107 cm³/mol. The van der Waals surface area contributed by atoms with Gasteiger partial charge >= 0.3 is 0 Å². The van der Waals surface area contributed by atoms with E-state index in [1.54, 1.807) is 29.6 Å². The van der Waals surface area contributed by atoms with Crippen molar-refractivity contribution in [3.63, 3.8) is 0 Å². The maximum atomic E-state index is 13.7. The largest absolute Gasteiger partial charge is 0.226 e. The van der Waals surface area contributed by atoms with Crippen LogP contribution in [-0.4, -0.2) is 21.5 Å². The molecular weight excluding hydrogens is 371 g/mol. The van der Waals surface area contributed by atoms with Gasteiger partial charge in [-0.05, 0) is 50.3 Å². The zero-order valence-electron chi connectivity index (χ0n) is 14.0. The number of aromatic nitrogens is 2. The molecule has 0 N–H and O–H groups in total. The Hall–Kier alpha value is -1.11. The normalized spacial score (nSPS) is 14.0. The van der Waals surface area contributed by atoms with Gasteiger partial charge in [0.2, 0.25) is 0 Å². The number of halogens is 1. The third kappa shape index (κ3) is 3.71. The van der Waals surface area contributed by atoms with Crippen molar-refractivity contribution < 1.29 is 4.39 Å². The monoisotopic (exact) mass is 390 g/mol. The van der Waals surface area contributed by atoms with Crippen LogP contribution in [0.25, 0.3) is 10.2 Å². The topological polar surface area (TPSA) is 25.8 Å². The average Bonchev–Trinajstić information content (AvgIpc) is 2.98. The Kier molecular flexibility index (Phi) is 5.29. The lowest BCUT2D eigenvalue weighted by Crippen LogP contribution is -2.00. The van der Waals surface area contributed by atoms with Gasteiger partial charge in [0.05, 0.1) is 0 Å². The van der Waals surface area contributed by atoms with Crippen molar-refractivity contribution in [3.05, 3.63) is 46.3 Å². The number of rotatable bonds is 5. The summed E-state index contributed by atoms with van der Waals surface area (Å²) in [5.41, 5.74) is 1.48. The fourth-order valence-corrected chi connectivity index (χ4v) is 6.57. The number of fused-ring (bicyclic) bond motifs is 3. The number of hydrogen-bond donors (Lipinski definition) is 0. The van der Waals surface area contributed by atoms with Crippen molar-refractivity contribution in [1.29, 1.82) is 0 Å². The van der Waals surface area contributed by atoms with E-state index in [1.165, 1.54) is 41.2 Å². The number of thioether (sulfide) groups is 2. The maximum Gasteiger partial charge on any atom is 0.136 e. The molecule has 1 aliphatic rings. The van der Waals surface area contributed by atoms with Gasteiger partial charge in [0, 0.05) is 26.7 Å². The van der Waals surface area contributed by atoms with E-state index in [2.05, 4.69) is 4.98 Å². The summed E-state index contributed by atoms with van der Waals surface area (Å²) in [5.74, 6) is 2.48. The van der Waals surface area contributed by atoms with Gasteiger partial charge in [-0.3, -0.25) is 0 Å². The summed E-state index contributed by atoms with van der Waals surface area (Å²) in [7, 11) is 0. The van der Waals surface area contributed by atoms with Crippen LogP contribution in [0.2, 0.25) is 0 Å². The Morgan fingerprint density at radius 2 is 1.88 bits per heavy atom. The van der Waals surface area contributed by atoms with Crippen LogP contribution >= 0.6 is 34.9 Å². The van der Waals surface area contributed by atoms with E-state index < -0.39 is 0 Å². The van der Waals surface area contributed by atoms with Crippen LogP contribution in [0.5, 0.6) is 0 Å². The summed E-state index contributed by atoms with van der Waals surface area (Å²) < 4.78 is 13.7. The molecule has 0 unspecified atom stereocenters. The first-order valence-electron chi connectivity index (χ1n) is 8.51. The lowest BCUT2D eigenvalue weighted by atomic mass is 9.97. The number of nitrogens with zero attached hydrogens (tertiary/aromatic N) is 2. The number of hydrogen-bond acceptors (Lipinski definition) is 5. The molecule has 0 saturated carbocycles. The Labute approximate surface area is 159 Å². The van der Waals surface area contributed by atoms with E-state index in [9.17, 15) is 4.39 Å². The summed E-state index contributed by atoms with van der Waals surface area (Å²) in [5, 5.41) is 2.39. The number of benzene rings is 1. The average molecular weight is 391 g/mol. The minimum Gasteiger partial charge on any atom is -0.226 e. The van der Waals surface area contributed by atoms with Crippen LogP contribution in [-0.2, 0) is 12.8 Å². The van der Waals surface area contributed by atoms with E-state index in [0.717, 1.165) is 38.5 Å². The second-order valence-electron chi connectivity index (χ2n) is 6.09. The standard InChI is InChI=1S/C19H19FN2S3/c1-12-21-18(24-11-10-23-16-9-5-3-7-14(16)20)17-13-6-2-4-8-15(13)25-19(17)22-12/h3,5,7,9H,2,4,6,8,10-11H2,1H3. The van der Waals surface area contributed by atoms with E-state index >= 15 is 0 Å². The first kappa shape index (κ1) is 17.3. The molecule has 0 atom stereocenters. The molecule has 3 aromatic rings. The highest BCUT2D eigenvalue weighted by molar-refractivity contribution is 8.03. The van der Waals surface area contributed by atoms with E-state index in [-0.39, 0.29) is 5.82 Å². The van der Waals surface area contributed by atoms with E-state index in [1.807, 2.05) is 30.4 Å². The van der Waals surface area contributed by atoms with Crippen molar-refractivity contribution in [3.8, 4) is 0 Å². The highest BCUT2D eigenvalue weighted by Crippen LogP contribution is 2.39. The van der Waals surface area contributed by atoms with Crippen LogP contribution in [0.15, 0.2) is 34.2 Å². The lowest BCUT2D eigenvalue weighted by Gasteiger charge is -2.11. The Morgan fingerprint density at radius 1 is 1.08 bits per heavy atom. The molecule has 0 aliphatic heterocycles. The van der Waals surface area contributed by atoms with Gasteiger partial charge in [-0.2, -0.15) is 0 Å². The van der Waals surface area contributed by atoms with Gasteiger partial charge in [0.1, 0.15) is 21.5 Å². The summed E-state index contributed by atoms with van der Waals surface area (Å²) in [4.78, 5) is 12.8. The predicted octanol–water partition coefficient (Wildman–Crippen LogP) is 5.90. The Balaban J connectivity index is 1.51. The molecule has 0 bridgehead atoms. The molecule has 4 rings (SSSR count). The molecule has 25 heavy (non-hydrogen) atoms. The number of aryl methyl sites for hydroxylation is 3. The maximum absolute atomic E-state index is 13.7. The quantitative estimate of drug-likeness (QED) is 0.308. The first-order valence-corrected chi connectivity index (χ1v) is 11.3. The molecule has 0 amide bonds. The van der Waals surface area contributed by atoms with Crippen molar-refractivity contribution in [2.24, 2.45) is 0 Å². The fraction of sp³-hybridized carbons (Fsp3) is 0.368. The van der Waals surface area contributed by atoms with Crippen LogP contribution in [0, 0.1) is 12.7 Å². The second kappa shape index (κ2) is 7.64. The SMILES string of the molecule is Cc1nc(SCCSc2ccccc2F)c2c3c(sc2n1)CCCC3. The Bertz CT molecular complexity index is 907. The second-order valence-corrected chi connectivity index (χ2v) is 9.40. The summed E-state index contributed by atoms with van der Waals surface area (Å²) in [6, 6.07) is 6.97. The smallest absolute Gasteiger partial charge is 0.136 e. The van der Waals surface area contributed by atoms with Crippen molar-refractivity contribution >= 4 is 45.1 Å². The fourth-order valence-electron chi connectivity index (χ4n) is 3.18. The van der Waals surface area contributed by atoms with E-state index in [4.69, 9.17) is 4.98 Å². The van der Waals surface area contributed by atoms with Crippen LogP contribution in [0.3, 0.4) is 0 Å². The molecule has 6 heteroatoms. The lowest BCUT2D eigenvalue weighted by molar-refractivity contribution is 0.602. The van der Waals surface area contributed by atoms with Crippen molar-refractivity contribution in [2.45, 2.75) is 42.5 Å². The molecular formula is C19H19FN2S3. The summed E-state index contributed by atoms with van der Waals surface area (Å²) >= 11 is 5.20. The third-order valence-electron chi connectivity index (χ3n) is 4.31. The molecule has 2 nitrogen and oxygen atoms in total. The molecule has 0 fully saturated rings. The molecule has 130 valence electrons. The summed E-state index contributed by atoms with van der Waals surface area (Å²) in [6.45, 7) is 1.97. The van der Waals surface area contributed by atoms with Crippen molar-refractivity contribution in [1.82, 2.24) is 9.97 Å². The number of thiophene rings is 1. The third-order valence-corrected chi connectivity index (χ3v) is 7.78. The minimum atomic E-state index is -0.135. The molecule has 0 saturated heterocycles. The highest BCUT2D eigenvalue weighted by atomic mass is 32.2. The van der Waals surface area contributed by atoms with Gasteiger partial charge in [-0.25, -0.2) is 14.4 Å². The zero-order valence-corrected chi connectivity index (χ0v) is 16.5. The molecule has 2 heterocycles. The zero-order chi connectivity index (χ0) is 17.2. The molecule has 1 aliphatic carbocycles. The van der Waals surface area contributed by atoms with Crippen LogP contribution in [0.4, 0.5) is 4.39 Å². The van der Waals surface area contributed by atoms with E-state index in [0.29, 0.717) is 0 Å². The Morgan fingerprint density at radius 3 is 2.76 bits per heavy atom. The highest BCUT2D eigenvalue weighted by Gasteiger charge is 2.20. The van der Waals surface area contributed by atoms with Crippen molar-refractivity contribution in [2.75, 3.05) is 11.5 Å². The van der Waals surface area contributed by atoms with Gasteiger partial charge in [-0.15, -0.1) is 34.9 Å². The summed E-state index contributed by atoms with van der Waals surface area (Å²) in [6.07, 6.45) is 4.88. The van der Waals surface area contributed by atoms with Gasteiger partial charge < -0.3 is 0 Å². The van der Waals surface area contributed by atoms with Gasteiger partial charge in [0.15, 0.2) is 0 Å². The first-order chi connectivity index (χ1) is 12.2. The minimum absolute atomic E-state index is 0.135.